The van der Waals surface area contributed by atoms with Crippen molar-refractivity contribution in [1.29, 1.82) is 0 Å². The standard InChI is InChI=1S/C17H25N3OS/c1-7-10-11-13(8-2)15-18-19-16(20(15)9-3)22-12-14(21)17(4,5)6/h7-8,10-11H,2,9,12H2,1,3-6H3/b10-7-,13-11+. The molecule has 4 nitrogen and oxygen atoms in total. The highest BCUT2D eigenvalue weighted by Crippen LogP contribution is 2.25. The van der Waals surface area contributed by atoms with Gasteiger partial charge in [-0.3, -0.25) is 4.79 Å². The lowest BCUT2D eigenvalue weighted by molar-refractivity contribution is -0.123. The van der Waals surface area contributed by atoms with Crippen LogP contribution in [0.5, 0.6) is 0 Å². The summed E-state index contributed by atoms with van der Waals surface area (Å²) in [5.74, 6) is 1.39. The molecule has 22 heavy (non-hydrogen) atoms. The van der Waals surface area contributed by atoms with E-state index in [1.807, 2.05) is 57.4 Å². The van der Waals surface area contributed by atoms with Gasteiger partial charge < -0.3 is 4.57 Å². The molecule has 0 aliphatic carbocycles. The summed E-state index contributed by atoms with van der Waals surface area (Å²) in [6.07, 6.45) is 7.62. The first kappa shape index (κ1) is 18.4. The number of hydrogen-bond acceptors (Lipinski definition) is 4. The lowest BCUT2D eigenvalue weighted by atomic mass is 9.92. The van der Waals surface area contributed by atoms with Gasteiger partial charge in [-0.2, -0.15) is 0 Å². The summed E-state index contributed by atoms with van der Waals surface area (Å²) in [4.78, 5) is 12.1. The molecule has 0 atom stereocenters. The maximum absolute atomic E-state index is 12.1. The van der Waals surface area contributed by atoms with Crippen LogP contribution in [0.4, 0.5) is 0 Å². The molecule has 0 bridgehead atoms. The van der Waals surface area contributed by atoms with Crippen molar-refractivity contribution < 1.29 is 4.79 Å². The fraction of sp³-hybridized carbons (Fsp3) is 0.471. The molecule has 0 saturated carbocycles. The first-order valence-electron chi connectivity index (χ1n) is 7.40. The van der Waals surface area contributed by atoms with Gasteiger partial charge in [-0.05, 0) is 13.8 Å². The number of carbonyl (C=O) groups excluding carboxylic acids is 1. The molecule has 1 aromatic rings. The highest BCUT2D eigenvalue weighted by molar-refractivity contribution is 7.99. The van der Waals surface area contributed by atoms with Gasteiger partial charge in [0.25, 0.3) is 0 Å². The Labute approximate surface area is 137 Å². The predicted octanol–water partition coefficient (Wildman–Crippen LogP) is 4.15. The lowest BCUT2D eigenvalue weighted by Crippen LogP contribution is -2.22. The Morgan fingerprint density at radius 2 is 2.05 bits per heavy atom. The minimum atomic E-state index is -0.328. The van der Waals surface area contributed by atoms with Crippen molar-refractivity contribution in [3.63, 3.8) is 0 Å². The molecule has 0 fully saturated rings. The average molecular weight is 319 g/mol. The maximum atomic E-state index is 12.1. The van der Waals surface area contributed by atoms with Crippen molar-refractivity contribution in [3.05, 3.63) is 36.7 Å². The van der Waals surface area contributed by atoms with Crippen LogP contribution in [0, 0.1) is 5.41 Å². The third kappa shape index (κ3) is 4.70. The number of nitrogens with zero attached hydrogens (tertiary/aromatic N) is 3. The molecule has 1 rings (SSSR count). The van der Waals surface area contributed by atoms with Crippen molar-refractivity contribution >= 4 is 23.1 Å². The maximum Gasteiger partial charge on any atom is 0.191 e. The zero-order valence-corrected chi connectivity index (χ0v) is 14.9. The molecule has 120 valence electrons. The van der Waals surface area contributed by atoms with Gasteiger partial charge in [-0.1, -0.05) is 63.4 Å². The third-order valence-corrected chi connectivity index (χ3v) is 4.12. The molecule has 0 N–H and O–H groups in total. The summed E-state index contributed by atoms with van der Waals surface area (Å²) >= 11 is 1.44. The molecule has 1 heterocycles. The molecule has 0 amide bonds. The van der Waals surface area contributed by atoms with Crippen molar-refractivity contribution in [1.82, 2.24) is 14.8 Å². The van der Waals surface area contributed by atoms with E-state index in [9.17, 15) is 4.79 Å². The van der Waals surface area contributed by atoms with Gasteiger partial charge in [0.05, 0.1) is 5.75 Å². The van der Waals surface area contributed by atoms with E-state index in [1.165, 1.54) is 11.8 Å². The summed E-state index contributed by atoms with van der Waals surface area (Å²) < 4.78 is 2.01. The second-order valence-electron chi connectivity index (χ2n) is 5.86. The summed E-state index contributed by atoms with van der Waals surface area (Å²) in [6, 6.07) is 0. The van der Waals surface area contributed by atoms with Gasteiger partial charge in [0.2, 0.25) is 0 Å². The van der Waals surface area contributed by atoms with Crippen molar-refractivity contribution in [2.24, 2.45) is 5.41 Å². The normalized spacial score (nSPS) is 12.9. The summed E-state index contributed by atoms with van der Waals surface area (Å²) in [5.41, 5.74) is 0.590. The topological polar surface area (TPSA) is 47.8 Å². The van der Waals surface area contributed by atoms with Gasteiger partial charge in [0, 0.05) is 17.5 Å². The van der Waals surface area contributed by atoms with Crippen molar-refractivity contribution in [2.75, 3.05) is 5.75 Å². The van der Waals surface area contributed by atoms with Crippen LogP contribution in [0.15, 0.2) is 36.0 Å². The minimum Gasteiger partial charge on any atom is -0.302 e. The molecule has 0 unspecified atom stereocenters. The lowest BCUT2D eigenvalue weighted by Gasteiger charge is -2.15. The van der Waals surface area contributed by atoms with E-state index in [1.54, 1.807) is 6.08 Å². The SMILES string of the molecule is C=C/C(=C\C=C/C)c1nnc(SCC(=O)C(C)(C)C)n1CC. The van der Waals surface area contributed by atoms with Crippen LogP contribution in [0.3, 0.4) is 0 Å². The van der Waals surface area contributed by atoms with Crippen LogP contribution in [0.1, 0.15) is 40.4 Å². The van der Waals surface area contributed by atoms with Gasteiger partial charge in [-0.25, -0.2) is 0 Å². The molecule has 0 aliphatic rings. The van der Waals surface area contributed by atoms with Crippen LogP contribution in [0.25, 0.3) is 5.57 Å². The number of hydrogen-bond donors (Lipinski definition) is 0. The molecule has 5 heteroatoms. The molecule has 0 saturated heterocycles. The minimum absolute atomic E-state index is 0.207. The van der Waals surface area contributed by atoms with Crippen molar-refractivity contribution in [2.45, 2.75) is 46.3 Å². The van der Waals surface area contributed by atoms with Gasteiger partial charge in [0.1, 0.15) is 5.78 Å². The van der Waals surface area contributed by atoms with E-state index in [-0.39, 0.29) is 11.2 Å². The number of carbonyl (C=O) groups is 1. The molecular weight excluding hydrogens is 294 g/mol. The zero-order chi connectivity index (χ0) is 16.8. The van der Waals surface area contributed by atoms with E-state index in [0.29, 0.717) is 5.75 Å². The van der Waals surface area contributed by atoms with Crippen LogP contribution in [-0.4, -0.2) is 26.3 Å². The number of Topliss-reactive ketones (excluding diaryl/α,β-unsaturated/α-hetero) is 1. The molecular formula is C17H25N3OS. The van der Waals surface area contributed by atoms with Crippen molar-refractivity contribution in [3.8, 4) is 0 Å². The molecule has 0 aromatic carbocycles. The average Bonchev–Trinajstić information content (AvgIpc) is 2.87. The Balaban J connectivity index is 3.01. The fourth-order valence-electron chi connectivity index (χ4n) is 1.67. The zero-order valence-electron chi connectivity index (χ0n) is 14.1. The van der Waals surface area contributed by atoms with Gasteiger partial charge in [-0.15, -0.1) is 10.2 Å². The molecule has 0 radical (unpaired) electrons. The van der Waals surface area contributed by atoms with E-state index in [2.05, 4.69) is 16.8 Å². The highest BCUT2D eigenvalue weighted by atomic mass is 32.2. The Hall–Kier alpha value is -1.62. The smallest absolute Gasteiger partial charge is 0.191 e. The third-order valence-electron chi connectivity index (χ3n) is 3.15. The Morgan fingerprint density at radius 3 is 2.55 bits per heavy atom. The quantitative estimate of drug-likeness (QED) is 0.559. The molecule has 0 spiro atoms. The first-order chi connectivity index (χ1) is 10.3. The van der Waals surface area contributed by atoms with Gasteiger partial charge >= 0.3 is 0 Å². The monoisotopic (exact) mass is 319 g/mol. The van der Waals surface area contributed by atoms with Crippen LogP contribution < -0.4 is 0 Å². The Kier molecular flexibility index (Phi) is 6.81. The predicted molar refractivity (Wildman–Crippen MR) is 93.9 cm³/mol. The largest absolute Gasteiger partial charge is 0.302 e. The second kappa shape index (κ2) is 8.13. The highest BCUT2D eigenvalue weighted by Gasteiger charge is 2.22. The number of rotatable bonds is 7. The summed E-state index contributed by atoms with van der Waals surface area (Å²) in [7, 11) is 0. The van der Waals surface area contributed by atoms with Crippen LogP contribution >= 0.6 is 11.8 Å². The van der Waals surface area contributed by atoms with Crippen LogP contribution in [0.2, 0.25) is 0 Å². The summed E-state index contributed by atoms with van der Waals surface area (Å²) in [5, 5.41) is 9.25. The number of ketones is 1. The van der Waals surface area contributed by atoms with Crippen LogP contribution in [-0.2, 0) is 11.3 Å². The second-order valence-corrected chi connectivity index (χ2v) is 6.81. The summed E-state index contributed by atoms with van der Waals surface area (Å²) in [6.45, 7) is 14.4. The molecule has 0 aliphatic heterocycles. The van der Waals surface area contributed by atoms with E-state index >= 15 is 0 Å². The van der Waals surface area contributed by atoms with Gasteiger partial charge in [0.15, 0.2) is 11.0 Å². The van der Waals surface area contributed by atoms with E-state index < -0.39 is 0 Å². The van der Waals surface area contributed by atoms with E-state index in [0.717, 1.165) is 23.1 Å². The fourth-order valence-corrected chi connectivity index (χ4v) is 2.84. The Bertz CT molecular complexity index is 592. The first-order valence-corrected chi connectivity index (χ1v) is 8.38. The number of allylic oxidation sites excluding steroid dienone is 5. The number of thioether (sulfide) groups is 1. The number of aromatic nitrogens is 3. The molecule has 1 aromatic heterocycles. The Morgan fingerprint density at radius 1 is 1.36 bits per heavy atom. The van der Waals surface area contributed by atoms with E-state index in [4.69, 9.17) is 0 Å².